The van der Waals surface area contributed by atoms with Gasteiger partial charge in [-0.3, -0.25) is 14.9 Å². The van der Waals surface area contributed by atoms with E-state index in [9.17, 15) is 14.4 Å². The molecule has 5 aliphatic rings. The second-order valence-electron chi connectivity index (χ2n) is 13.3. The molecule has 3 unspecified atom stereocenters. The first kappa shape index (κ1) is 25.2. The van der Waals surface area contributed by atoms with E-state index in [4.69, 9.17) is 9.47 Å². The Balaban J connectivity index is 1.45. The average molecular weight is 489 g/mol. The number of methoxy groups -OCH3 is 1. The largest absolute Gasteiger partial charge is 0.445 e. The van der Waals surface area contributed by atoms with Crippen molar-refractivity contribution >= 4 is 17.8 Å². The second-order valence-corrected chi connectivity index (χ2v) is 13.3. The van der Waals surface area contributed by atoms with Gasteiger partial charge < -0.3 is 14.4 Å². The normalized spacial score (nSPS) is 48.1. The maximum Gasteiger partial charge on any atom is 0.414 e. The third kappa shape index (κ3) is 3.70. The molecule has 5 fully saturated rings. The van der Waals surface area contributed by atoms with Crippen molar-refractivity contribution in [1.29, 1.82) is 0 Å². The van der Waals surface area contributed by atoms with Gasteiger partial charge in [-0.25, -0.2) is 4.79 Å². The van der Waals surface area contributed by atoms with Gasteiger partial charge in [0, 0.05) is 42.9 Å². The summed E-state index contributed by atoms with van der Waals surface area (Å²) in [6.07, 6.45) is 4.29. The lowest BCUT2D eigenvalue weighted by Gasteiger charge is -2.61. The molecule has 196 valence electrons. The summed E-state index contributed by atoms with van der Waals surface area (Å²) in [4.78, 5) is 42.3. The lowest BCUT2D eigenvalue weighted by Crippen LogP contribution is -2.63. The van der Waals surface area contributed by atoms with Crippen molar-refractivity contribution in [3.05, 3.63) is 0 Å². The number of Topliss-reactive ketones (excluding diaryl/α,β-unsaturated/α-hetero) is 1. The number of hydrogen-bond acceptors (Lipinski definition) is 6. The van der Waals surface area contributed by atoms with Gasteiger partial charge in [0.1, 0.15) is 11.9 Å². The number of rotatable bonds is 3. The topological polar surface area (TPSA) is 84.9 Å². The third-order valence-corrected chi connectivity index (χ3v) is 11.4. The molecule has 3 saturated carbocycles. The van der Waals surface area contributed by atoms with E-state index in [0.717, 1.165) is 51.7 Å². The van der Waals surface area contributed by atoms with Gasteiger partial charge in [0.2, 0.25) is 5.91 Å². The standard InChI is InChI=1S/C28H44N2O5/c1-16-7-10-28-11-8-20(34-6)22(28)27(16,5)21(13-26(3,4)23(31)17(28)2)35-25(33)29-24(32)19-15-30-12-9-18(19)14-30/h16-22H,7-15H2,1-6H3,(H,29,32,33)/t16-,17+,18-,19+,20-,21-,22?,27+,28?/m1/s1. The minimum absolute atomic E-state index is 0.0399. The summed E-state index contributed by atoms with van der Waals surface area (Å²) in [5.41, 5.74) is -1.10. The zero-order chi connectivity index (χ0) is 25.3. The Kier molecular flexibility index (Phi) is 6.15. The maximum atomic E-state index is 13.8. The van der Waals surface area contributed by atoms with E-state index in [-0.39, 0.29) is 46.4 Å². The van der Waals surface area contributed by atoms with Crippen LogP contribution in [-0.2, 0) is 19.1 Å². The molecule has 7 nitrogen and oxygen atoms in total. The van der Waals surface area contributed by atoms with Crippen molar-refractivity contribution in [2.75, 3.05) is 26.7 Å². The Morgan fingerprint density at radius 1 is 1.06 bits per heavy atom. The number of imide groups is 1. The van der Waals surface area contributed by atoms with Crippen LogP contribution in [0.1, 0.15) is 73.1 Å². The highest BCUT2D eigenvalue weighted by Crippen LogP contribution is 2.68. The molecule has 4 bridgehead atoms. The van der Waals surface area contributed by atoms with Gasteiger partial charge in [0.25, 0.3) is 0 Å². The second kappa shape index (κ2) is 8.54. The zero-order valence-electron chi connectivity index (χ0n) is 22.4. The number of carbonyl (C=O) groups excluding carboxylic acids is 3. The average Bonchev–Trinajstić information content (AvgIpc) is 3.54. The van der Waals surface area contributed by atoms with Crippen molar-refractivity contribution in [3.63, 3.8) is 0 Å². The monoisotopic (exact) mass is 488 g/mol. The number of nitrogens with zero attached hydrogens (tertiary/aromatic N) is 1. The summed E-state index contributed by atoms with van der Waals surface area (Å²) in [6, 6.07) is 0. The number of piperidine rings is 1. The molecule has 0 aromatic rings. The first-order valence-electron chi connectivity index (χ1n) is 13.7. The fourth-order valence-corrected chi connectivity index (χ4v) is 9.21. The highest BCUT2D eigenvalue weighted by molar-refractivity contribution is 5.93. The smallest absolute Gasteiger partial charge is 0.414 e. The Morgan fingerprint density at radius 2 is 1.77 bits per heavy atom. The summed E-state index contributed by atoms with van der Waals surface area (Å²) < 4.78 is 12.3. The molecule has 2 amide bonds. The molecule has 10 atom stereocenters. The van der Waals surface area contributed by atoms with Gasteiger partial charge >= 0.3 is 6.09 Å². The van der Waals surface area contributed by atoms with Crippen LogP contribution in [0.4, 0.5) is 4.79 Å². The van der Waals surface area contributed by atoms with Gasteiger partial charge in [-0.05, 0) is 62.3 Å². The number of carbonyl (C=O) groups is 3. The van der Waals surface area contributed by atoms with Crippen LogP contribution in [-0.4, -0.2) is 61.6 Å². The molecule has 0 spiro atoms. The van der Waals surface area contributed by atoms with Crippen LogP contribution in [0.25, 0.3) is 0 Å². The van der Waals surface area contributed by atoms with E-state index in [2.05, 4.69) is 31.0 Å². The molecule has 5 rings (SSSR count). The predicted octanol–water partition coefficient (Wildman–Crippen LogP) is 4.04. The molecule has 0 radical (unpaired) electrons. The van der Waals surface area contributed by atoms with Crippen LogP contribution in [0.2, 0.25) is 0 Å². The van der Waals surface area contributed by atoms with Gasteiger partial charge in [-0.15, -0.1) is 0 Å². The number of ether oxygens (including phenoxy) is 2. The molecule has 1 N–H and O–H groups in total. The van der Waals surface area contributed by atoms with Gasteiger partial charge in [0.15, 0.2) is 0 Å². The minimum Gasteiger partial charge on any atom is -0.445 e. The van der Waals surface area contributed by atoms with Crippen LogP contribution in [0.15, 0.2) is 0 Å². The number of amides is 2. The first-order chi connectivity index (χ1) is 16.4. The molecule has 35 heavy (non-hydrogen) atoms. The van der Waals surface area contributed by atoms with E-state index < -0.39 is 17.6 Å². The Labute approximate surface area is 210 Å². The predicted molar refractivity (Wildman–Crippen MR) is 131 cm³/mol. The van der Waals surface area contributed by atoms with E-state index in [1.165, 1.54) is 0 Å². The van der Waals surface area contributed by atoms with Gasteiger partial charge in [0.05, 0.1) is 12.0 Å². The summed E-state index contributed by atoms with van der Waals surface area (Å²) in [5, 5.41) is 2.58. The van der Waals surface area contributed by atoms with E-state index >= 15 is 0 Å². The van der Waals surface area contributed by atoms with Crippen molar-refractivity contribution in [1.82, 2.24) is 10.2 Å². The van der Waals surface area contributed by atoms with Crippen molar-refractivity contribution < 1.29 is 23.9 Å². The van der Waals surface area contributed by atoms with Crippen molar-refractivity contribution in [2.24, 2.45) is 45.8 Å². The fourth-order valence-electron chi connectivity index (χ4n) is 9.21. The summed E-state index contributed by atoms with van der Waals surface area (Å²) in [6.45, 7) is 13.4. The van der Waals surface area contributed by atoms with Crippen LogP contribution in [0, 0.1) is 45.8 Å². The SMILES string of the molecule is CO[C@@H]1CCC23CC[C@@H](C)[C@](C)(C12)[C@H](OC(=O)NC(=O)[C@H]1CN2CC[C@@H]1C2)CC(C)(C)C(=O)[C@@H]3C. The van der Waals surface area contributed by atoms with Crippen LogP contribution in [0.5, 0.6) is 0 Å². The number of ketones is 1. The minimum atomic E-state index is -0.661. The van der Waals surface area contributed by atoms with Crippen molar-refractivity contribution in [3.8, 4) is 0 Å². The quantitative estimate of drug-likeness (QED) is 0.645. The highest BCUT2D eigenvalue weighted by atomic mass is 16.6. The zero-order valence-corrected chi connectivity index (χ0v) is 22.4. The molecule has 0 aromatic heterocycles. The maximum absolute atomic E-state index is 13.8. The molecule has 0 aromatic carbocycles. The van der Waals surface area contributed by atoms with E-state index in [1.54, 1.807) is 7.11 Å². The molecular weight excluding hydrogens is 444 g/mol. The van der Waals surface area contributed by atoms with Crippen molar-refractivity contribution in [2.45, 2.75) is 85.4 Å². The molecule has 3 aliphatic carbocycles. The molecule has 2 aliphatic heterocycles. The molecule has 2 saturated heterocycles. The van der Waals surface area contributed by atoms with E-state index in [1.807, 2.05) is 13.8 Å². The van der Waals surface area contributed by atoms with Crippen LogP contribution >= 0.6 is 0 Å². The summed E-state index contributed by atoms with van der Waals surface area (Å²) in [5.74, 6) is 0.612. The Morgan fingerprint density at radius 3 is 2.40 bits per heavy atom. The first-order valence-corrected chi connectivity index (χ1v) is 13.7. The van der Waals surface area contributed by atoms with Gasteiger partial charge in [-0.1, -0.05) is 34.6 Å². The molecule has 7 heteroatoms. The van der Waals surface area contributed by atoms with E-state index in [0.29, 0.717) is 18.3 Å². The third-order valence-electron chi connectivity index (χ3n) is 11.4. The fraction of sp³-hybridized carbons (Fsp3) is 0.893. The Bertz CT molecular complexity index is 904. The highest BCUT2D eigenvalue weighted by Gasteiger charge is 2.68. The molecular formula is C28H44N2O5. The van der Waals surface area contributed by atoms with Gasteiger partial charge in [-0.2, -0.15) is 0 Å². The van der Waals surface area contributed by atoms with Crippen LogP contribution in [0.3, 0.4) is 0 Å². The molecule has 2 heterocycles. The summed E-state index contributed by atoms with van der Waals surface area (Å²) >= 11 is 0. The lowest BCUT2D eigenvalue weighted by molar-refractivity contribution is -0.190. The van der Waals surface area contributed by atoms with Crippen LogP contribution < -0.4 is 5.32 Å². The summed E-state index contributed by atoms with van der Waals surface area (Å²) in [7, 11) is 1.77. The number of hydrogen-bond donors (Lipinski definition) is 1. The number of fused-ring (bicyclic) bond motifs is 2. The number of alkyl carbamates (subject to hydrolysis) is 1. The number of nitrogens with one attached hydrogen (secondary N) is 1. The lowest BCUT2D eigenvalue weighted by atomic mass is 9.44. The Hall–Kier alpha value is -1.47.